The second-order valence-corrected chi connectivity index (χ2v) is 7.42. The minimum Gasteiger partial charge on any atom is -0.493 e. The van der Waals surface area contributed by atoms with Crippen molar-refractivity contribution in [3.05, 3.63) is 58.1 Å². The van der Waals surface area contributed by atoms with Crippen molar-refractivity contribution in [3.63, 3.8) is 0 Å². The van der Waals surface area contributed by atoms with E-state index in [1.54, 1.807) is 7.11 Å². The van der Waals surface area contributed by atoms with Gasteiger partial charge >= 0.3 is 0 Å². The van der Waals surface area contributed by atoms with E-state index >= 15 is 0 Å². The van der Waals surface area contributed by atoms with E-state index in [2.05, 4.69) is 44.3 Å². The van der Waals surface area contributed by atoms with Crippen LogP contribution in [-0.2, 0) is 17.9 Å². The van der Waals surface area contributed by atoms with Crippen LogP contribution in [0.4, 0.5) is 0 Å². The molecule has 0 spiro atoms. The topological polar surface area (TPSA) is 43.0 Å². The van der Waals surface area contributed by atoms with Gasteiger partial charge in [0, 0.05) is 42.8 Å². The van der Waals surface area contributed by atoms with Gasteiger partial charge in [0.05, 0.1) is 20.3 Å². The molecule has 1 aliphatic rings. The summed E-state index contributed by atoms with van der Waals surface area (Å²) in [5, 5.41) is 3.53. The third kappa shape index (κ3) is 6.21. The highest BCUT2D eigenvalue weighted by Crippen LogP contribution is 2.35. The summed E-state index contributed by atoms with van der Waals surface area (Å²) in [6, 6.07) is 14.2. The lowest BCUT2D eigenvalue weighted by molar-refractivity contribution is 0.0384. The van der Waals surface area contributed by atoms with Crippen LogP contribution < -0.4 is 14.8 Å². The number of halogens is 1. The van der Waals surface area contributed by atoms with Gasteiger partial charge in [-0.15, -0.1) is 0 Å². The predicted molar refractivity (Wildman–Crippen MR) is 110 cm³/mol. The molecule has 1 aliphatic heterocycles. The van der Waals surface area contributed by atoms with Crippen LogP contribution in [0.25, 0.3) is 0 Å². The molecule has 0 aliphatic carbocycles. The van der Waals surface area contributed by atoms with Crippen LogP contribution in [0.15, 0.2) is 46.9 Å². The van der Waals surface area contributed by atoms with E-state index in [0.29, 0.717) is 6.61 Å². The Morgan fingerprint density at radius 3 is 2.67 bits per heavy atom. The lowest BCUT2D eigenvalue weighted by Crippen LogP contribution is -2.40. The van der Waals surface area contributed by atoms with Gasteiger partial charge in [-0.2, -0.15) is 0 Å². The molecule has 1 saturated heterocycles. The molecule has 0 aromatic heterocycles. The molecular formula is C21H27BrN2O3. The summed E-state index contributed by atoms with van der Waals surface area (Å²) in [5.74, 6) is 1.54. The normalized spacial score (nSPS) is 14.9. The van der Waals surface area contributed by atoms with Crippen LogP contribution in [0.5, 0.6) is 11.5 Å². The second-order valence-electron chi connectivity index (χ2n) is 6.50. The van der Waals surface area contributed by atoms with Gasteiger partial charge in [-0.25, -0.2) is 0 Å². The number of nitrogens with zero attached hydrogens (tertiary/aromatic N) is 1. The smallest absolute Gasteiger partial charge is 0.166 e. The van der Waals surface area contributed by atoms with E-state index in [1.165, 1.54) is 0 Å². The van der Waals surface area contributed by atoms with Crippen molar-refractivity contribution in [2.24, 2.45) is 0 Å². The Morgan fingerprint density at radius 1 is 1.15 bits per heavy atom. The van der Waals surface area contributed by atoms with Gasteiger partial charge < -0.3 is 19.5 Å². The van der Waals surface area contributed by atoms with Crippen LogP contribution >= 0.6 is 15.9 Å². The van der Waals surface area contributed by atoms with E-state index < -0.39 is 0 Å². The van der Waals surface area contributed by atoms with Gasteiger partial charge in [0.25, 0.3) is 0 Å². The van der Waals surface area contributed by atoms with E-state index in [9.17, 15) is 0 Å². The Hall–Kier alpha value is -1.60. The van der Waals surface area contributed by atoms with E-state index in [1.807, 2.05) is 24.3 Å². The van der Waals surface area contributed by atoms with Crippen molar-refractivity contribution in [2.45, 2.75) is 13.2 Å². The molecule has 3 rings (SSSR count). The van der Waals surface area contributed by atoms with Crippen LogP contribution in [0.3, 0.4) is 0 Å². The molecule has 1 fully saturated rings. The highest BCUT2D eigenvalue weighted by Gasteiger charge is 2.14. The Balaban J connectivity index is 1.60. The summed E-state index contributed by atoms with van der Waals surface area (Å²) in [7, 11) is 1.67. The summed E-state index contributed by atoms with van der Waals surface area (Å²) >= 11 is 3.57. The fourth-order valence-electron chi connectivity index (χ4n) is 3.08. The summed E-state index contributed by atoms with van der Waals surface area (Å²) in [4.78, 5) is 2.42. The first-order valence-corrected chi connectivity index (χ1v) is 10.1. The average Bonchev–Trinajstić information content (AvgIpc) is 2.71. The Labute approximate surface area is 169 Å². The van der Waals surface area contributed by atoms with Crippen LogP contribution in [-0.4, -0.2) is 51.4 Å². The zero-order valence-corrected chi connectivity index (χ0v) is 17.3. The summed E-state index contributed by atoms with van der Waals surface area (Å²) in [6.45, 7) is 6.88. The second kappa shape index (κ2) is 10.7. The monoisotopic (exact) mass is 434 g/mol. The van der Waals surface area contributed by atoms with Gasteiger partial charge in [0.15, 0.2) is 11.5 Å². The Kier molecular flexibility index (Phi) is 7.95. The third-order valence-corrected chi connectivity index (χ3v) is 5.02. The van der Waals surface area contributed by atoms with Gasteiger partial charge in [-0.1, -0.05) is 46.3 Å². The van der Waals surface area contributed by atoms with Crippen molar-refractivity contribution in [1.29, 1.82) is 0 Å². The van der Waals surface area contributed by atoms with Crippen molar-refractivity contribution in [2.75, 3.05) is 46.5 Å². The number of hydrogen-bond acceptors (Lipinski definition) is 5. The number of hydrogen-bond donors (Lipinski definition) is 1. The van der Waals surface area contributed by atoms with Gasteiger partial charge in [0.2, 0.25) is 0 Å². The average molecular weight is 435 g/mol. The quantitative estimate of drug-likeness (QED) is 0.612. The van der Waals surface area contributed by atoms with Crippen molar-refractivity contribution >= 4 is 15.9 Å². The molecule has 0 atom stereocenters. The maximum absolute atomic E-state index is 6.13. The summed E-state index contributed by atoms with van der Waals surface area (Å²) in [5.41, 5.74) is 2.22. The molecule has 0 bridgehead atoms. The SMILES string of the molecule is COc1cc(Br)cc(CNCCN2CCOCC2)c1OCc1ccccc1. The largest absolute Gasteiger partial charge is 0.493 e. The van der Waals surface area contributed by atoms with Crippen molar-refractivity contribution in [1.82, 2.24) is 10.2 Å². The molecule has 27 heavy (non-hydrogen) atoms. The standard InChI is InChI=1S/C21H27BrN2O3/c1-25-20-14-19(22)13-18(15-23-7-8-24-9-11-26-12-10-24)21(20)27-16-17-5-3-2-4-6-17/h2-6,13-14,23H,7-12,15-16H2,1H3. The lowest BCUT2D eigenvalue weighted by Gasteiger charge is -2.26. The highest BCUT2D eigenvalue weighted by atomic mass is 79.9. The first kappa shape index (κ1) is 20.1. The predicted octanol–water partition coefficient (Wildman–Crippen LogP) is 3.46. The number of ether oxygens (including phenoxy) is 3. The van der Waals surface area contributed by atoms with Gasteiger partial charge in [-0.05, 0) is 17.7 Å². The Morgan fingerprint density at radius 2 is 1.93 bits per heavy atom. The molecule has 0 unspecified atom stereocenters. The maximum atomic E-state index is 6.13. The molecule has 0 amide bonds. The molecule has 6 heteroatoms. The Bertz CT molecular complexity index is 706. The van der Waals surface area contributed by atoms with Crippen LogP contribution in [0, 0.1) is 0 Å². The number of benzene rings is 2. The minimum absolute atomic E-state index is 0.514. The van der Waals surface area contributed by atoms with E-state index in [4.69, 9.17) is 14.2 Å². The number of methoxy groups -OCH3 is 1. The van der Waals surface area contributed by atoms with Crippen molar-refractivity contribution in [3.8, 4) is 11.5 Å². The molecule has 2 aromatic rings. The molecule has 0 radical (unpaired) electrons. The highest BCUT2D eigenvalue weighted by molar-refractivity contribution is 9.10. The number of nitrogens with one attached hydrogen (secondary N) is 1. The van der Waals surface area contributed by atoms with Gasteiger partial charge in [0.1, 0.15) is 6.61 Å². The molecule has 0 saturated carbocycles. The molecule has 1 N–H and O–H groups in total. The molecule has 2 aromatic carbocycles. The molecule has 1 heterocycles. The minimum atomic E-state index is 0.514. The fourth-order valence-corrected chi connectivity index (χ4v) is 3.57. The lowest BCUT2D eigenvalue weighted by atomic mass is 10.1. The number of morpholine rings is 1. The summed E-state index contributed by atoms with van der Waals surface area (Å²) < 4.78 is 18.1. The molecular weight excluding hydrogens is 408 g/mol. The summed E-state index contributed by atoms with van der Waals surface area (Å²) in [6.07, 6.45) is 0. The fraction of sp³-hybridized carbons (Fsp3) is 0.429. The van der Waals surface area contributed by atoms with Crippen LogP contribution in [0.2, 0.25) is 0 Å². The van der Waals surface area contributed by atoms with E-state index in [0.717, 1.165) is 73.0 Å². The van der Waals surface area contributed by atoms with E-state index in [-0.39, 0.29) is 0 Å². The zero-order valence-electron chi connectivity index (χ0n) is 15.7. The third-order valence-electron chi connectivity index (χ3n) is 4.57. The zero-order chi connectivity index (χ0) is 18.9. The first-order chi connectivity index (χ1) is 13.3. The first-order valence-electron chi connectivity index (χ1n) is 9.30. The van der Waals surface area contributed by atoms with Crippen molar-refractivity contribution < 1.29 is 14.2 Å². The number of rotatable bonds is 9. The maximum Gasteiger partial charge on any atom is 0.166 e. The molecule has 5 nitrogen and oxygen atoms in total. The molecule has 146 valence electrons. The van der Waals surface area contributed by atoms with Gasteiger partial charge in [-0.3, -0.25) is 4.90 Å². The van der Waals surface area contributed by atoms with Crippen LogP contribution in [0.1, 0.15) is 11.1 Å².